The maximum absolute atomic E-state index is 13.4. The van der Waals surface area contributed by atoms with E-state index in [1.54, 1.807) is 11.1 Å². The van der Waals surface area contributed by atoms with Crippen LogP contribution >= 0.6 is 11.3 Å². The second kappa shape index (κ2) is 10.5. The number of aliphatic imine (C=N–C) groups is 1. The molecule has 1 unspecified atom stereocenters. The smallest absolute Gasteiger partial charge is 0.247 e. The van der Waals surface area contributed by atoms with Gasteiger partial charge < -0.3 is 24.9 Å². The lowest BCUT2D eigenvalue weighted by Crippen LogP contribution is -2.45. The van der Waals surface area contributed by atoms with E-state index < -0.39 is 6.04 Å². The van der Waals surface area contributed by atoms with Gasteiger partial charge in [-0.2, -0.15) is 0 Å². The van der Waals surface area contributed by atoms with Crippen LogP contribution in [-0.4, -0.2) is 64.8 Å². The number of carbonyl (C=O) groups is 2. The van der Waals surface area contributed by atoms with Crippen molar-refractivity contribution in [2.24, 2.45) is 4.99 Å². The highest BCUT2D eigenvalue weighted by Crippen LogP contribution is 2.24. The Labute approximate surface area is 208 Å². The van der Waals surface area contributed by atoms with E-state index in [0.717, 1.165) is 61.2 Å². The van der Waals surface area contributed by atoms with E-state index in [1.807, 2.05) is 41.5 Å². The number of guanidine groups is 1. The quantitative estimate of drug-likeness (QED) is 0.409. The van der Waals surface area contributed by atoms with Crippen molar-refractivity contribution in [1.82, 2.24) is 14.8 Å². The molecule has 35 heavy (non-hydrogen) atoms. The minimum absolute atomic E-state index is 0.0310. The zero-order chi connectivity index (χ0) is 24.2. The van der Waals surface area contributed by atoms with E-state index in [9.17, 15) is 9.59 Å². The van der Waals surface area contributed by atoms with Gasteiger partial charge in [0.2, 0.25) is 17.8 Å². The van der Waals surface area contributed by atoms with Crippen molar-refractivity contribution < 1.29 is 14.0 Å². The second-order valence-corrected chi connectivity index (χ2v) is 9.93. The number of likely N-dealkylation sites (tertiary alicyclic amines) is 2. The predicted octanol–water partition coefficient (Wildman–Crippen LogP) is 4.08. The van der Waals surface area contributed by atoms with Gasteiger partial charge in [0.15, 0.2) is 5.13 Å². The molecule has 3 aromatic rings. The zero-order valence-electron chi connectivity index (χ0n) is 19.8. The van der Waals surface area contributed by atoms with Crippen molar-refractivity contribution in [1.29, 1.82) is 0 Å². The van der Waals surface area contributed by atoms with Gasteiger partial charge in [-0.25, -0.2) is 9.98 Å². The lowest BCUT2D eigenvalue weighted by molar-refractivity contribution is -0.140. The molecule has 1 atom stereocenters. The van der Waals surface area contributed by atoms with Gasteiger partial charge in [0.25, 0.3) is 0 Å². The Balaban J connectivity index is 1.37. The van der Waals surface area contributed by atoms with E-state index in [4.69, 9.17) is 9.41 Å². The highest BCUT2D eigenvalue weighted by molar-refractivity contribution is 7.13. The molecule has 2 fully saturated rings. The Bertz CT molecular complexity index is 1220. The molecule has 2 N–H and O–H groups in total. The number of anilines is 2. The number of furan rings is 1. The second-order valence-electron chi connectivity index (χ2n) is 9.03. The number of aryl methyl sites for hydroxylation is 1. The van der Waals surface area contributed by atoms with Crippen LogP contribution in [0.5, 0.6) is 0 Å². The fraction of sp³-hybridized carbons (Fsp3) is 0.440. The van der Waals surface area contributed by atoms with Crippen LogP contribution < -0.4 is 10.6 Å². The van der Waals surface area contributed by atoms with Crippen molar-refractivity contribution in [2.45, 2.75) is 45.1 Å². The number of rotatable bonds is 5. The molecule has 0 bridgehead atoms. The SMILES string of the molecule is Cc1cc2cc(NC(=NC3CCCCN(CC(=O)N4CCCC4)C3=O)Nc3nccs3)ccc2o1. The average Bonchev–Trinajstić information content (AvgIpc) is 3.59. The summed E-state index contributed by atoms with van der Waals surface area (Å²) in [6.07, 6.45) is 6.16. The maximum Gasteiger partial charge on any atom is 0.247 e. The Hall–Kier alpha value is -3.40. The van der Waals surface area contributed by atoms with E-state index in [0.29, 0.717) is 24.1 Å². The summed E-state index contributed by atoms with van der Waals surface area (Å²) in [6.45, 7) is 4.21. The van der Waals surface area contributed by atoms with Crippen LogP contribution in [0.15, 0.2) is 45.3 Å². The third-order valence-corrected chi connectivity index (χ3v) is 7.07. The summed E-state index contributed by atoms with van der Waals surface area (Å²) >= 11 is 1.45. The molecule has 0 radical (unpaired) electrons. The molecule has 0 saturated carbocycles. The standard InChI is InChI=1S/C25H30N6O3S/c1-17-14-18-15-19(7-8-21(18)34-17)27-24(29-25-26-9-13-35-25)28-20-6-2-3-12-31(23(20)33)16-22(32)30-10-4-5-11-30/h7-9,13-15,20H,2-6,10-12,16H2,1H3,(H2,26,27,28,29). The van der Waals surface area contributed by atoms with Gasteiger partial charge >= 0.3 is 0 Å². The molecule has 0 aliphatic carbocycles. The number of fused-ring (bicyclic) bond motifs is 1. The molecule has 4 heterocycles. The molecule has 2 aliphatic heterocycles. The Morgan fingerprint density at radius 2 is 2.00 bits per heavy atom. The Kier molecular flexibility index (Phi) is 6.98. The number of aromatic nitrogens is 1. The highest BCUT2D eigenvalue weighted by Gasteiger charge is 2.30. The number of hydrogen-bond donors (Lipinski definition) is 2. The van der Waals surface area contributed by atoms with Crippen LogP contribution in [0.25, 0.3) is 11.0 Å². The minimum atomic E-state index is -0.571. The van der Waals surface area contributed by atoms with Gasteiger partial charge in [0, 0.05) is 42.3 Å². The normalized spacial score (nSPS) is 19.3. The van der Waals surface area contributed by atoms with E-state index >= 15 is 0 Å². The molecular weight excluding hydrogens is 464 g/mol. The summed E-state index contributed by atoms with van der Waals surface area (Å²) < 4.78 is 5.68. The van der Waals surface area contributed by atoms with Crippen LogP contribution in [0, 0.1) is 6.92 Å². The fourth-order valence-electron chi connectivity index (χ4n) is 4.62. The number of nitrogens with zero attached hydrogens (tertiary/aromatic N) is 4. The van der Waals surface area contributed by atoms with Crippen LogP contribution in [0.3, 0.4) is 0 Å². The molecule has 5 rings (SSSR count). The largest absolute Gasteiger partial charge is 0.461 e. The Morgan fingerprint density at radius 1 is 1.17 bits per heavy atom. The number of thiazole rings is 1. The number of amides is 2. The van der Waals surface area contributed by atoms with Crippen molar-refractivity contribution in [3.63, 3.8) is 0 Å². The summed E-state index contributed by atoms with van der Waals surface area (Å²) in [7, 11) is 0. The van der Waals surface area contributed by atoms with Gasteiger partial charge in [-0.1, -0.05) is 0 Å². The van der Waals surface area contributed by atoms with Crippen molar-refractivity contribution in [2.75, 3.05) is 36.8 Å². The summed E-state index contributed by atoms with van der Waals surface area (Å²) in [4.78, 5) is 38.8. The van der Waals surface area contributed by atoms with Crippen molar-refractivity contribution in [3.8, 4) is 0 Å². The van der Waals surface area contributed by atoms with Crippen molar-refractivity contribution in [3.05, 3.63) is 41.6 Å². The monoisotopic (exact) mass is 494 g/mol. The zero-order valence-corrected chi connectivity index (χ0v) is 20.6. The van der Waals surface area contributed by atoms with Gasteiger partial charge in [0.05, 0.1) is 6.54 Å². The van der Waals surface area contributed by atoms with E-state index in [2.05, 4.69) is 15.6 Å². The van der Waals surface area contributed by atoms with Gasteiger partial charge in [-0.05, 0) is 63.3 Å². The lowest BCUT2D eigenvalue weighted by atomic mass is 10.1. The molecule has 1 aromatic carbocycles. The third kappa shape index (κ3) is 5.64. The highest BCUT2D eigenvalue weighted by atomic mass is 32.1. The van der Waals surface area contributed by atoms with Gasteiger partial charge in [0.1, 0.15) is 17.4 Å². The number of benzene rings is 1. The minimum Gasteiger partial charge on any atom is -0.461 e. The summed E-state index contributed by atoms with van der Waals surface area (Å²) in [5.41, 5.74) is 1.64. The first-order valence-electron chi connectivity index (χ1n) is 12.1. The molecule has 2 saturated heterocycles. The number of nitrogens with one attached hydrogen (secondary N) is 2. The first-order chi connectivity index (χ1) is 17.0. The van der Waals surface area contributed by atoms with Gasteiger partial charge in [-0.15, -0.1) is 11.3 Å². The average molecular weight is 495 g/mol. The fourth-order valence-corrected chi connectivity index (χ4v) is 5.15. The van der Waals surface area contributed by atoms with Crippen LogP contribution in [0.4, 0.5) is 10.8 Å². The summed E-state index contributed by atoms with van der Waals surface area (Å²) in [5.74, 6) is 1.23. The summed E-state index contributed by atoms with van der Waals surface area (Å²) in [5, 5.41) is 10.1. The maximum atomic E-state index is 13.4. The Morgan fingerprint density at radius 3 is 2.80 bits per heavy atom. The molecule has 9 nitrogen and oxygen atoms in total. The first-order valence-corrected chi connectivity index (χ1v) is 13.0. The summed E-state index contributed by atoms with van der Waals surface area (Å²) in [6, 6.07) is 7.23. The van der Waals surface area contributed by atoms with E-state index in [1.165, 1.54) is 11.3 Å². The lowest BCUT2D eigenvalue weighted by Gasteiger charge is -2.25. The predicted molar refractivity (Wildman–Crippen MR) is 138 cm³/mol. The van der Waals surface area contributed by atoms with Crippen molar-refractivity contribution >= 4 is 50.9 Å². The third-order valence-electron chi connectivity index (χ3n) is 6.38. The van der Waals surface area contributed by atoms with E-state index in [-0.39, 0.29) is 18.4 Å². The number of carbonyl (C=O) groups excluding carboxylic acids is 2. The number of hydrogen-bond acceptors (Lipinski definition) is 6. The molecule has 2 aliphatic rings. The van der Waals surface area contributed by atoms with Gasteiger partial charge in [-0.3, -0.25) is 9.59 Å². The molecule has 2 amide bonds. The van der Waals surface area contributed by atoms with Crippen LogP contribution in [0.2, 0.25) is 0 Å². The molecule has 10 heteroatoms. The molecule has 0 spiro atoms. The first kappa shape index (κ1) is 23.3. The topological polar surface area (TPSA) is 103 Å². The molecule has 2 aromatic heterocycles. The van der Waals surface area contributed by atoms with Crippen LogP contribution in [0.1, 0.15) is 37.9 Å². The molecular formula is C25H30N6O3S. The molecule has 184 valence electrons. The van der Waals surface area contributed by atoms with Crippen LogP contribution in [-0.2, 0) is 9.59 Å².